The molecular weight excluding hydrogens is 138 g/mol. The topological polar surface area (TPSA) is 43.1 Å². The van der Waals surface area contributed by atoms with Gasteiger partial charge in [-0.15, -0.1) is 11.6 Å². The van der Waals surface area contributed by atoms with Crippen LogP contribution in [0.5, 0.6) is 0 Å². The Morgan fingerprint density at radius 1 is 1.78 bits per heavy atom. The normalized spacial score (nSPS) is 16.8. The van der Waals surface area contributed by atoms with Crippen LogP contribution in [-0.2, 0) is 4.79 Å². The second kappa shape index (κ2) is 3.72. The van der Waals surface area contributed by atoms with E-state index in [-0.39, 0.29) is 5.92 Å². The van der Waals surface area contributed by atoms with E-state index in [4.69, 9.17) is 17.3 Å². The Labute approximate surface area is 60.4 Å². The Balaban J connectivity index is 3.72. The van der Waals surface area contributed by atoms with Gasteiger partial charge in [0.1, 0.15) is 5.38 Å². The highest BCUT2D eigenvalue weighted by Crippen LogP contribution is 2.12. The molecule has 0 aliphatic carbocycles. The number of carbonyl (C=O) groups is 1. The lowest BCUT2D eigenvalue weighted by molar-refractivity contribution is -0.118. The molecule has 0 radical (unpaired) electrons. The maximum Gasteiger partial charge on any atom is 0.235 e. The third-order valence-corrected chi connectivity index (χ3v) is 2.06. The van der Waals surface area contributed by atoms with Crippen LogP contribution < -0.4 is 5.73 Å². The SMILES string of the molecule is CCC(C)C(Cl)C(N)=O. The summed E-state index contributed by atoms with van der Waals surface area (Å²) in [5.74, 6) is -0.241. The molecule has 0 aromatic heterocycles. The molecule has 0 aromatic rings. The average Bonchev–Trinajstić information content (AvgIpc) is 1.84. The van der Waals surface area contributed by atoms with Crippen molar-refractivity contribution < 1.29 is 4.79 Å². The highest BCUT2D eigenvalue weighted by molar-refractivity contribution is 6.30. The van der Waals surface area contributed by atoms with E-state index >= 15 is 0 Å². The lowest BCUT2D eigenvalue weighted by atomic mass is 10.0. The monoisotopic (exact) mass is 149 g/mol. The van der Waals surface area contributed by atoms with Gasteiger partial charge in [-0.2, -0.15) is 0 Å². The summed E-state index contributed by atoms with van der Waals surface area (Å²) in [6, 6.07) is 0. The summed E-state index contributed by atoms with van der Waals surface area (Å²) in [4.78, 5) is 10.4. The molecule has 54 valence electrons. The Bertz CT molecular complexity index is 105. The van der Waals surface area contributed by atoms with Crippen molar-refractivity contribution in [3.63, 3.8) is 0 Å². The van der Waals surface area contributed by atoms with Gasteiger partial charge in [-0.25, -0.2) is 0 Å². The van der Waals surface area contributed by atoms with E-state index in [1.807, 2.05) is 13.8 Å². The van der Waals surface area contributed by atoms with Crippen molar-refractivity contribution in [1.29, 1.82) is 0 Å². The Kier molecular flexibility index (Phi) is 3.62. The standard InChI is InChI=1S/C6H12ClNO/c1-3-4(2)5(7)6(8)9/h4-5H,3H2,1-2H3,(H2,8,9). The van der Waals surface area contributed by atoms with Crippen LogP contribution in [0.2, 0.25) is 0 Å². The predicted octanol–water partition coefficient (Wildman–Crippen LogP) is 1.13. The maximum atomic E-state index is 10.4. The molecule has 2 N–H and O–H groups in total. The molecule has 3 heteroatoms. The van der Waals surface area contributed by atoms with E-state index in [9.17, 15) is 4.79 Å². The van der Waals surface area contributed by atoms with Crippen molar-refractivity contribution in [2.45, 2.75) is 25.6 Å². The van der Waals surface area contributed by atoms with Gasteiger partial charge in [-0.05, 0) is 5.92 Å². The van der Waals surface area contributed by atoms with Crippen LogP contribution in [-0.4, -0.2) is 11.3 Å². The van der Waals surface area contributed by atoms with E-state index < -0.39 is 11.3 Å². The second-order valence-electron chi connectivity index (χ2n) is 2.19. The van der Waals surface area contributed by atoms with E-state index in [2.05, 4.69) is 0 Å². The fraction of sp³-hybridized carbons (Fsp3) is 0.833. The number of primary amides is 1. The molecular formula is C6H12ClNO. The number of hydrogen-bond acceptors (Lipinski definition) is 1. The molecule has 0 fully saturated rings. The molecule has 0 saturated carbocycles. The predicted molar refractivity (Wildman–Crippen MR) is 38.3 cm³/mol. The Morgan fingerprint density at radius 3 is 2.33 bits per heavy atom. The number of halogens is 1. The van der Waals surface area contributed by atoms with Crippen LogP contribution in [0, 0.1) is 5.92 Å². The van der Waals surface area contributed by atoms with Crippen molar-refractivity contribution in [3.8, 4) is 0 Å². The molecule has 1 amide bonds. The zero-order valence-electron chi connectivity index (χ0n) is 5.73. The van der Waals surface area contributed by atoms with Crippen LogP contribution in [0.15, 0.2) is 0 Å². The van der Waals surface area contributed by atoms with Gasteiger partial charge >= 0.3 is 0 Å². The van der Waals surface area contributed by atoms with Crippen molar-refractivity contribution >= 4 is 17.5 Å². The van der Waals surface area contributed by atoms with E-state index in [1.54, 1.807) is 0 Å². The van der Waals surface area contributed by atoms with Gasteiger partial charge in [0, 0.05) is 0 Å². The molecule has 2 unspecified atom stereocenters. The van der Waals surface area contributed by atoms with Gasteiger partial charge in [0.05, 0.1) is 0 Å². The second-order valence-corrected chi connectivity index (χ2v) is 2.66. The first-order valence-corrected chi connectivity index (χ1v) is 3.46. The molecule has 2 nitrogen and oxygen atoms in total. The highest BCUT2D eigenvalue weighted by atomic mass is 35.5. The van der Waals surface area contributed by atoms with E-state index in [0.717, 1.165) is 6.42 Å². The van der Waals surface area contributed by atoms with Crippen molar-refractivity contribution in [2.75, 3.05) is 0 Å². The summed E-state index contributed by atoms with van der Waals surface area (Å²) >= 11 is 5.59. The number of carbonyl (C=O) groups excluding carboxylic acids is 1. The molecule has 2 atom stereocenters. The summed E-state index contributed by atoms with van der Waals surface area (Å²) in [6.45, 7) is 3.88. The summed E-state index contributed by atoms with van der Waals surface area (Å²) in [5.41, 5.74) is 4.94. The van der Waals surface area contributed by atoms with Gasteiger partial charge in [-0.1, -0.05) is 20.3 Å². The van der Waals surface area contributed by atoms with Gasteiger partial charge in [0.15, 0.2) is 0 Å². The Hall–Kier alpha value is -0.240. The minimum Gasteiger partial charge on any atom is -0.368 e. The lowest BCUT2D eigenvalue weighted by Gasteiger charge is -2.10. The van der Waals surface area contributed by atoms with Crippen LogP contribution in [0.25, 0.3) is 0 Å². The highest BCUT2D eigenvalue weighted by Gasteiger charge is 2.17. The first kappa shape index (κ1) is 8.76. The molecule has 0 aliphatic rings. The molecule has 0 saturated heterocycles. The van der Waals surface area contributed by atoms with Gasteiger partial charge < -0.3 is 5.73 Å². The summed E-state index contributed by atoms with van der Waals surface area (Å²) in [5, 5.41) is -0.505. The van der Waals surface area contributed by atoms with Crippen molar-refractivity contribution in [1.82, 2.24) is 0 Å². The largest absolute Gasteiger partial charge is 0.368 e. The number of rotatable bonds is 3. The molecule has 0 aliphatic heterocycles. The number of amides is 1. The zero-order valence-corrected chi connectivity index (χ0v) is 6.48. The number of alkyl halides is 1. The number of hydrogen-bond donors (Lipinski definition) is 1. The summed E-state index contributed by atoms with van der Waals surface area (Å²) < 4.78 is 0. The van der Waals surface area contributed by atoms with Crippen molar-refractivity contribution in [2.24, 2.45) is 11.7 Å². The van der Waals surface area contributed by atoms with E-state index in [1.165, 1.54) is 0 Å². The minimum absolute atomic E-state index is 0.184. The zero-order chi connectivity index (χ0) is 7.44. The molecule has 9 heavy (non-hydrogen) atoms. The molecule has 0 heterocycles. The van der Waals surface area contributed by atoms with E-state index in [0.29, 0.717) is 0 Å². The average molecular weight is 150 g/mol. The number of nitrogens with two attached hydrogens (primary N) is 1. The fourth-order valence-electron chi connectivity index (χ4n) is 0.487. The third kappa shape index (κ3) is 2.70. The van der Waals surface area contributed by atoms with Crippen LogP contribution in [0.1, 0.15) is 20.3 Å². The quantitative estimate of drug-likeness (QED) is 0.601. The van der Waals surface area contributed by atoms with Gasteiger partial charge in [0.2, 0.25) is 5.91 Å². The summed E-state index contributed by atoms with van der Waals surface area (Å²) in [7, 11) is 0. The van der Waals surface area contributed by atoms with Crippen LogP contribution >= 0.6 is 11.6 Å². The molecule has 0 rings (SSSR count). The first-order chi connectivity index (χ1) is 4.09. The van der Waals surface area contributed by atoms with Gasteiger partial charge in [0.25, 0.3) is 0 Å². The molecule has 0 spiro atoms. The lowest BCUT2D eigenvalue weighted by Crippen LogP contribution is -2.28. The minimum atomic E-state index is -0.505. The smallest absolute Gasteiger partial charge is 0.235 e. The van der Waals surface area contributed by atoms with Crippen LogP contribution in [0.4, 0.5) is 0 Å². The third-order valence-electron chi connectivity index (χ3n) is 1.42. The molecule has 0 bridgehead atoms. The van der Waals surface area contributed by atoms with Crippen molar-refractivity contribution in [3.05, 3.63) is 0 Å². The Morgan fingerprint density at radius 2 is 2.22 bits per heavy atom. The van der Waals surface area contributed by atoms with Gasteiger partial charge in [-0.3, -0.25) is 4.79 Å². The van der Waals surface area contributed by atoms with Crippen LogP contribution in [0.3, 0.4) is 0 Å². The molecule has 0 aromatic carbocycles. The first-order valence-electron chi connectivity index (χ1n) is 3.03. The maximum absolute atomic E-state index is 10.4. The summed E-state index contributed by atoms with van der Waals surface area (Å²) in [6.07, 6.45) is 0.886. The fourth-order valence-corrected chi connectivity index (χ4v) is 0.666.